The molecule has 0 atom stereocenters. The SMILES string of the molecule is C=C(C#Cc1ccccc1)N1CCN(c2ncccc2C)CC1.C=C(C#Cc1ccccc1)N1CCN(c2ncccc2Cl)CC1.C=C(C#Cc1ccccc1)N1CCN(c2ncccc2I)CC1.C=C(C#Cc1ccccc1)N1CCN(c2ncccc2[N+](=O)[O-])CC1. The van der Waals surface area contributed by atoms with Crippen molar-refractivity contribution < 1.29 is 4.92 Å². The van der Waals surface area contributed by atoms with Crippen LogP contribution in [0.25, 0.3) is 0 Å². The topological polar surface area (TPSA) is 121 Å². The normalized spacial score (nSPS) is 14.0. The summed E-state index contributed by atoms with van der Waals surface area (Å²) in [5.74, 6) is 28.7. The van der Waals surface area contributed by atoms with Gasteiger partial charge in [0.2, 0.25) is 5.82 Å². The molecule has 0 bridgehead atoms. The Morgan fingerprint density at radius 1 is 0.394 bits per heavy atom. The van der Waals surface area contributed by atoms with Gasteiger partial charge in [-0.1, -0.05) is 140 Å². The number of aryl methyl sites for hydroxylation is 1. The van der Waals surface area contributed by atoms with Gasteiger partial charge in [-0.05, 0) is 144 Å². The minimum absolute atomic E-state index is 0.0404. The molecule has 4 aromatic carbocycles. The van der Waals surface area contributed by atoms with Crippen LogP contribution in [0.15, 0.2) is 244 Å². The van der Waals surface area contributed by atoms with E-state index in [9.17, 15) is 10.1 Å². The third-order valence-corrected chi connectivity index (χ3v) is 16.9. The van der Waals surface area contributed by atoms with E-state index in [1.54, 1.807) is 18.5 Å². The highest BCUT2D eigenvalue weighted by molar-refractivity contribution is 14.1. The molecule has 0 aliphatic carbocycles. The van der Waals surface area contributed by atoms with Crippen LogP contribution in [0.4, 0.5) is 29.0 Å². The van der Waals surface area contributed by atoms with Crippen molar-refractivity contribution in [2.45, 2.75) is 6.92 Å². The molecule has 474 valence electrons. The van der Waals surface area contributed by atoms with Crippen LogP contribution in [0, 0.1) is 68.0 Å². The highest BCUT2D eigenvalue weighted by Crippen LogP contribution is 2.28. The zero-order valence-corrected chi connectivity index (χ0v) is 55.9. The molecule has 4 fully saturated rings. The number of aromatic nitrogens is 4. The van der Waals surface area contributed by atoms with Gasteiger partial charge in [0, 0.05) is 158 Å². The molecule has 0 radical (unpaired) electrons. The van der Waals surface area contributed by atoms with Gasteiger partial charge in [-0.25, -0.2) is 19.9 Å². The summed E-state index contributed by atoms with van der Waals surface area (Å²) in [6, 6.07) is 54.8. The van der Waals surface area contributed by atoms with Gasteiger partial charge in [-0.2, -0.15) is 0 Å². The van der Waals surface area contributed by atoms with E-state index in [1.807, 2.05) is 163 Å². The Kier molecular flexibility index (Phi) is 25.5. The van der Waals surface area contributed by atoms with Gasteiger partial charge in [-0.15, -0.1) is 0 Å². The fourth-order valence-corrected chi connectivity index (χ4v) is 11.5. The van der Waals surface area contributed by atoms with Gasteiger partial charge in [0.1, 0.15) is 17.5 Å². The second-order valence-electron chi connectivity index (χ2n) is 22.0. The van der Waals surface area contributed by atoms with Gasteiger partial charge in [0.25, 0.3) is 0 Å². The van der Waals surface area contributed by atoms with E-state index >= 15 is 0 Å². The summed E-state index contributed by atoms with van der Waals surface area (Å²) in [5.41, 5.74) is 8.68. The van der Waals surface area contributed by atoms with E-state index in [0.29, 0.717) is 37.0 Å². The van der Waals surface area contributed by atoms with Crippen LogP contribution in [0.1, 0.15) is 27.8 Å². The van der Waals surface area contributed by atoms with Crippen molar-refractivity contribution in [3.05, 3.63) is 290 Å². The molecule has 12 rings (SSSR count). The Morgan fingerprint density at radius 3 is 1.02 bits per heavy atom. The van der Waals surface area contributed by atoms with Gasteiger partial charge in [0.05, 0.1) is 36.3 Å². The Morgan fingerprint density at radius 2 is 0.681 bits per heavy atom. The standard InChI is InChI=1S/C20H21N3.C19H18ClN3.C19H18IN3.C19H18N4O2/c1-17-7-6-12-21-20(17)23-15-13-22(14-16-23)18(2)10-11-19-8-4-3-5-9-19;2*1-16(9-10-17-6-3-2-4-7-17)22-12-14-23(15-13-22)19-18(20)8-5-11-21-19;1-16(9-10-17-6-3-2-4-7-17)21-12-14-22(15-13-21)19-18(23(24)25)8-5-11-20-19/h3-9,12H,2,13-16H2,1H3;2*2-8,11H,1,12-15H2;2-8,11H,1,12-15H2. The van der Waals surface area contributed by atoms with Crippen LogP contribution in [0.3, 0.4) is 0 Å². The number of hydrogen-bond donors (Lipinski definition) is 0. The van der Waals surface area contributed by atoms with Crippen LogP contribution < -0.4 is 19.6 Å². The molecule has 4 saturated heterocycles. The highest BCUT2D eigenvalue weighted by Gasteiger charge is 2.26. The average Bonchev–Trinajstić information content (AvgIpc) is 1.23. The zero-order chi connectivity index (χ0) is 65.9. The number of nitrogens with zero attached hydrogens (tertiary/aromatic N) is 13. The molecule has 94 heavy (non-hydrogen) atoms. The first-order valence-electron chi connectivity index (χ1n) is 31.1. The van der Waals surface area contributed by atoms with Gasteiger partial charge in [-0.3, -0.25) is 10.1 Å². The molecule has 4 aliphatic rings. The molecule has 0 amide bonds. The Hall–Kier alpha value is -10.5. The highest BCUT2D eigenvalue weighted by atomic mass is 127. The lowest BCUT2D eigenvalue weighted by Gasteiger charge is -2.36. The minimum Gasteiger partial charge on any atom is -0.362 e. The molecular weight excluding hydrogens is 1300 g/mol. The van der Waals surface area contributed by atoms with Crippen molar-refractivity contribution >= 4 is 63.2 Å². The fraction of sp³-hybridized carbons (Fsp3) is 0.221. The molecule has 8 aromatic rings. The zero-order valence-electron chi connectivity index (χ0n) is 53.0. The van der Waals surface area contributed by atoms with E-state index in [2.05, 4.69) is 170 Å². The molecule has 4 aliphatic heterocycles. The van der Waals surface area contributed by atoms with Crippen molar-refractivity contribution in [1.29, 1.82) is 0 Å². The maximum atomic E-state index is 11.2. The second-order valence-corrected chi connectivity index (χ2v) is 23.6. The summed E-state index contributed by atoms with van der Waals surface area (Å²) >= 11 is 8.56. The predicted molar refractivity (Wildman–Crippen MR) is 391 cm³/mol. The number of hydrogen-bond acceptors (Lipinski definition) is 14. The van der Waals surface area contributed by atoms with Crippen LogP contribution >= 0.6 is 34.2 Å². The van der Waals surface area contributed by atoms with E-state index in [1.165, 1.54) is 15.2 Å². The number of pyridine rings is 4. The van der Waals surface area contributed by atoms with Crippen LogP contribution in [-0.2, 0) is 0 Å². The van der Waals surface area contributed by atoms with Crippen LogP contribution in [0.5, 0.6) is 0 Å². The molecule has 0 N–H and O–H groups in total. The largest absolute Gasteiger partial charge is 0.362 e. The number of anilines is 4. The molecule has 0 saturated carbocycles. The third kappa shape index (κ3) is 20.2. The lowest BCUT2D eigenvalue weighted by molar-refractivity contribution is -0.384. The maximum Gasteiger partial charge on any atom is 0.311 e. The lowest BCUT2D eigenvalue weighted by Crippen LogP contribution is -2.46. The summed E-state index contributed by atoms with van der Waals surface area (Å²) in [4.78, 5) is 45.9. The first-order chi connectivity index (χ1) is 45.9. The van der Waals surface area contributed by atoms with Gasteiger partial charge in [0.15, 0.2) is 0 Å². The van der Waals surface area contributed by atoms with E-state index in [0.717, 1.165) is 141 Å². The third-order valence-electron chi connectivity index (χ3n) is 15.8. The Labute approximate surface area is 572 Å². The molecule has 0 unspecified atom stereocenters. The smallest absolute Gasteiger partial charge is 0.311 e. The molecular formula is C77H75ClIN13O2. The fourth-order valence-electron chi connectivity index (χ4n) is 10.5. The van der Waals surface area contributed by atoms with Crippen molar-refractivity contribution in [3.63, 3.8) is 0 Å². The quantitative estimate of drug-likeness (QED) is 0.0590. The van der Waals surface area contributed by atoms with E-state index < -0.39 is 0 Å². The number of piperazine rings is 4. The van der Waals surface area contributed by atoms with Crippen molar-refractivity contribution in [1.82, 2.24) is 39.5 Å². The molecule has 17 heteroatoms. The van der Waals surface area contributed by atoms with Crippen molar-refractivity contribution in [2.24, 2.45) is 0 Å². The van der Waals surface area contributed by atoms with Crippen LogP contribution in [0.2, 0.25) is 5.02 Å². The second kappa shape index (κ2) is 35.4. The predicted octanol–water partition coefficient (Wildman–Crippen LogP) is 12.6. The summed E-state index contributed by atoms with van der Waals surface area (Å²) in [6.45, 7) is 32.2. The van der Waals surface area contributed by atoms with Crippen molar-refractivity contribution in [2.75, 3.05) is 124 Å². The molecule has 15 nitrogen and oxygen atoms in total. The number of rotatable bonds is 9. The summed E-state index contributed by atoms with van der Waals surface area (Å²) in [5, 5.41) is 11.9. The van der Waals surface area contributed by atoms with Gasteiger partial charge < -0.3 is 39.2 Å². The number of benzene rings is 4. The van der Waals surface area contributed by atoms with Crippen LogP contribution in [-0.4, -0.2) is 149 Å². The lowest BCUT2D eigenvalue weighted by atomic mass is 10.2. The number of allylic oxidation sites excluding steroid dienone is 4. The van der Waals surface area contributed by atoms with E-state index in [-0.39, 0.29) is 10.6 Å². The van der Waals surface area contributed by atoms with Gasteiger partial charge >= 0.3 is 5.69 Å². The number of halogens is 2. The Balaban J connectivity index is 0.000000148. The average molecular weight is 1380 g/mol. The molecule has 8 heterocycles. The minimum atomic E-state index is -0.390. The van der Waals surface area contributed by atoms with E-state index in [4.69, 9.17) is 11.6 Å². The first kappa shape index (κ1) is 67.9. The monoisotopic (exact) mass is 1380 g/mol. The summed E-state index contributed by atoms with van der Waals surface area (Å²) < 4.78 is 1.20. The summed E-state index contributed by atoms with van der Waals surface area (Å²) in [7, 11) is 0. The maximum absolute atomic E-state index is 11.2. The molecule has 4 aromatic heterocycles. The Bertz CT molecular complexity index is 3810. The number of nitro groups is 1. The first-order valence-corrected chi connectivity index (χ1v) is 32.6. The summed E-state index contributed by atoms with van der Waals surface area (Å²) in [6.07, 6.45) is 7.07. The molecule has 0 spiro atoms. The van der Waals surface area contributed by atoms with Crippen molar-refractivity contribution in [3.8, 4) is 47.4 Å².